The average Bonchev–Trinajstić information content (AvgIpc) is 3.10. The Kier molecular flexibility index (Phi) is 7.02. The molecule has 3 heterocycles. The minimum atomic E-state index is -0.566. The fraction of sp³-hybridized carbons (Fsp3) is 0.476. The molecule has 30 heavy (non-hydrogen) atoms. The minimum Gasteiger partial charge on any atom is -0.444 e. The zero-order chi connectivity index (χ0) is 21.3. The van der Waals surface area contributed by atoms with Gasteiger partial charge in [-0.25, -0.2) is 19.3 Å². The molecule has 1 amide bonds. The van der Waals surface area contributed by atoms with Crippen molar-refractivity contribution in [3.8, 4) is 11.3 Å². The number of carbonyl (C=O) groups is 1. The number of pyridine rings is 1. The molecular weight excluding hydrogens is 404 g/mol. The zero-order valence-electron chi connectivity index (χ0n) is 17.5. The van der Waals surface area contributed by atoms with Crippen LogP contribution in [0.4, 0.5) is 4.79 Å². The molecule has 3 rings (SSSR count). The molecule has 0 aromatic carbocycles. The molecular formula is C21H29ClN6O2. The van der Waals surface area contributed by atoms with Crippen molar-refractivity contribution in [3.05, 3.63) is 41.2 Å². The summed E-state index contributed by atoms with van der Waals surface area (Å²) in [4.78, 5) is 27.4. The van der Waals surface area contributed by atoms with Gasteiger partial charge in [0, 0.05) is 18.3 Å². The number of carbonyl (C=O) groups excluding carboxylic acids is 1. The predicted octanol–water partition coefficient (Wildman–Crippen LogP) is 5.10. The third-order valence-corrected chi connectivity index (χ3v) is 4.74. The van der Waals surface area contributed by atoms with Crippen molar-refractivity contribution in [1.29, 1.82) is 0 Å². The highest BCUT2D eigenvalue weighted by molar-refractivity contribution is 6.32. The highest BCUT2D eigenvalue weighted by atomic mass is 35.5. The lowest BCUT2D eigenvalue weighted by molar-refractivity contribution is 0.0182. The van der Waals surface area contributed by atoms with Gasteiger partial charge in [0.1, 0.15) is 11.9 Å². The van der Waals surface area contributed by atoms with E-state index in [1.54, 1.807) is 21.8 Å². The molecule has 0 aliphatic carbocycles. The molecule has 3 aromatic rings. The van der Waals surface area contributed by atoms with Crippen LogP contribution in [0, 0.1) is 6.92 Å². The highest BCUT2D eigenvalue weighted by Crippen LogP contribution is 2.28. The van der Waals surface area contributed by atoms with E-state index in [1.807, 2.05) is 47.6 Å². The first-order chi connectivity index (χ1) is 13.6. The van der Waals surface area contributed by atoms with Gasteiger partial charge in [0.15, 0.2) is 10.8 Å². The van der Waals surface area contributed by atoms with Crippen LogP contribution in [0.3, 0.4) is 0 Å². The minimum absolute atomic E-state index is 0. The fourth-order valence-corrected chi connectivity index (χ4v) is 3.23. The van der Waals surface area contributed by atoms with E-state index < -0.39 is 5.60 Å². The highest BCUT2D eigenvalue weighted by Gasteiger charge is 2.27. The van der Waals surface area contributed by atoms with E-state index in [9.17, 15) is 4.79 Å². The molecule has 0 saturated carbocycles. The summed E-state index contributed by atoms with van der Waals surface area (Å²) in [7, 11) is 0. The second-order valence-electron chi connectivity index (χ2n) is 7.81. The summed E-state index contributed by atoms with van der Waals surface area (Å²) in [6, 6.07) is 1.65. The molecule has 9 heteroatoms. The quantitative estimate of drug-likeness (QED) is 0.569. The number of aromatic nitrogens is 5. The average molecular weight is 433 g/mol. The van der Waals surface area contributed by atoms with Crippen molar-refractivity contribution in [2.45, 2.75) is 60.6 Å². The summed E-state index contributed by atoms with van der Waals surface area (Å²) in [6.45, 7) is 11.8. The third-order valence-electron chi connectivity index (χ3n) is 4.49. The number of fused-ring (bicyclic) bond motifs is 1. The van der Waals surface area contributed by atoms with Gasteiger partial charge in [-0.2, -0.15) is 5.10 Å². The third kappa shape index (κ3) is 4.87. The molecule has 0 radical (unpaired) electrons. The second-order valence-corrected chi connectivity index (χ2v) is 8.17. The monoisotopic (exact) mass is 432 g/mol. The van der Waals surface area contributed by atoms with Crippen LogP contribution >= 0.6 is 11.6 Å². The van der Waals surface area contributed by atoms with Crippen LogP contribution in [-0.2, 0) is 4.74 Å². The van der Waals surface area contributed by atoms with Crippen LogP contribution in [0.2, 0.25) is 5.15 Å². The van der Waals surface area contributed by atoms with Crippen LogP contribution in [-0.4, -0.2) is 47.7 Å². The van der Waals surface area contributed by atoms with Crippen molar-refractivity contribution in [2.24, 2.45) is 0 Å². The summed E-state index contributed by atoms with van der Waals surface area (Å²) in [5.74, 6) is 0. The number of ether oxygens (including phenoxy) is 1. The van der Waals surface area contributed by atoms with E-state index >= 15 is 0 Å². The van der Waals surface area contributed by atoms with E-state index in [0.29, 0.717) is 17.9 Å². The Morgan fingerprint density at radius 1 is 1.33 bits per heavy atom. The standard InChI is InChI=1S/C20H25ClN6O2.CH4/c1-7-26(19(28)29-20(4,5)6)13(3)15-8-14(12(2)9-22-15)16-10-27-18(17(21)25-16)23-11-24-27;/h8-11,13H,7H2,1-6H3;1H4. The Morgan fingerprint density at radius 2 is 2.03 bits per heavy atom. The van der Waals surface area contributed by atoms with E-state index in [1.165, 1.54) is 6.33 Å². The maximum atomic E-state index is 12.6. The molecule has 1 unspecified atom stereocenters. The number of hydrogen-bond acceptors (Lipinski definition) is 6. The normalized spacial score (nSPS) is 12.4. The topological polar surface area (TPSA) is 85.5 Å². The smallest absolute Gasteiger partial charge is 0.410 e. The van der Waals surface area contributed by atoms with E-state index in [-0.39, 0.29) is 24.7 Å². The Labute approximate surface area is 182 Å². The van der Waals surface area contributed by atoms with Crippen LogP contribution in [0.25, 0.3) is 16.9 Å². The Bertz CT molecular complexity index is 1040. The van der Waals surface area contributed by atoms with Crippen molar-refractivity contribution in [3.63, 3.8) is 0 Å². The Morgan fingerprint density at radius 3 is 2.67 bits per heavy atom. The molecule has 0 aliphatic rings. The number of hydrogen-bond donors (Lipinski definition) is 0. The lowest BCUT2D eigenvalue weighted by atomic mass is 10.0. The maximum Gasteiger partial charge on any atom is 0.410 e. The van der Waals surface area contributed by atoms with E-state index in [2.05, 4.69) is 20.1 Å². The van der Waals surface area contributed by atoms with Gasteiger partial charge < -0.3 is 9.64 Å². The fourth-order valence-electron chi connectivity index (χ4n) is 3.01. The lowest BCUT2D eigenvalue weighted by Crippen LogP contribution is -2.38. The van der Waals surface area contributed by atoms with Gasteiger partial charge >= 0.3 is 6.09 Å². The first-order valence-corrected chi connectivity index (χ1v) is 9.81. The molecule has 0 saturated heterocycles. The van der Waals surface area contributed by atoms with Crippen LogP contribution in [0.1, 0.15) is 59.3 Å². The van der Waals surface area contributed by atoms with Gasteiger partial charge in [0.05, 0.1) is 23.6 Å². The number of amides is 1. The largest absolute Gasteiger partial charge is 0.444 e. The first kappa shape index (κ1) is 23.5. The van der Waals surface area contributed by atoms with Gasteiger partial charge in [-0.1, -0.05) is 19.0 Å². The SMILES string of the molecule is C.CCN(C(=O)OC(C)(C)C)C(C)c1cc(-c2cn3ncnc3c(Cl)n2)c(C)cn1. The van der Waals surface area contributed by atoms with Crippen molar-refractivity contribution >= 4 is 23.3 Å². The molecule has 0 aliphatic heterocycles. The van der Waals surface area contributed by atoms with Crippen LogP contribution < -0.4 is 0 Å². The summed E-state index contributed by atoms with van der Waals surface area (Å²) >= 11 is 6.26. The van der Waals surface area contributed by atoms with Crippen LogP contribution in [0.5, 0.6) is 0 Å². The van der Waals surface area contributed by atoms with Gasteiger partial charge in [-0.05, 0) is 53.2 Å². The number of halogens is 1. The lowest BCUT2D eigenvalue weighted by Gasteiger charge is -2.30. The predicted molar refractivity (Wildman–Crippen MR) is 118 cm³/mol. The second kappa shape index (κ2) is 8.95. The van der Waals surface area contributed by atoms with Crippen LogP contribution in [0.15, 0.2) is 24.8 Å². The molecule has 0 bridgehead atoms. The van der Waals surface area contributed by atoms with Gasteiger partial charge in [0.25, 0.3) is 0 Å². The summed E-state index contributed by atoms with van der Waals surface area (Å²) in [6.07, 6.45) is 4.60. The number of nitrogens with zero attached hydrogens (tertiary/aromatic N) is 6. The van der Waals surface area contributed by atoms with Gasteiger partial charge in [0.2, 0.25) is 0 Å². The van der Waals surface area contributed by atoms with E-state index in [4.69, 9.17) is 16.3 Å². The Balaban J connectivity index is 0.00000320. The summed E-state index contributed by atoms with van der Waals surface area (Å²) < 4.78 is 7.13. The van der Waals surface area contributed by atoms with Gasteiger partial charge in [-0.3, -0.25) is 4.98 Å². The van der Waals surface area contributed by atoms with Crippen molar-refractivity contribution in [1.82, 2.24) is 29.5 Å². The summed E-state index contributed by atoms with van der Waals surface area (Å²) in [5, 5.41) is 4.42. The molecule has 1 atom stereocenters. The molecule has 0 spiro atoms. The number of aryl methyl sites for hydroxylation is 1. The van der Waals surface area contributed by atoms with Crippen molar-refractivity contribution < 1.29 is 9.53 Å². The maximum absolute atomic E-state index is 12.6. The van der Waals surface area contributed by atoms with Crippen molar-refractivity contribution in [2.75, 3.05) is 6.54 Å². The van der Waals surface area contributed by atoms with E-state index in [0.717, 1.165) is 16.8 Å². The molecule has 0 N–H and O–H groups in total. The Hall–Kier alpha value is -2.74. The summed E-state index contributed by atoms with van der Waals surface area (Å²) in [5.41, 5.74) is 3.12. The molecule has 0 fully saturated rings. The van der Waals surface area contributed by atoms with Gasteiger partial charge in [-0.15, -0.1) is 0 Å². The molecule has 3 aromatic heterocycles. The molecule has 162 valence electrons. The zero-order valence-corrected chi connectivity index (χ0v) is 18.2. The first-order valence-electron chi connectivity index (χ1n) is 9.43. The number of rotatable bonds is 4. The molecule has 8 nitrogen and oxygen atoms in total.